The number of rotatable bonds is 2. The fourth-order valence-corrected chi connectivity index (χ4v) is 2.60. The van der Waals surface area contributed by atoms with E-state index < -0.39 is 5.41 Å². The summed E-state index contributed by atoms with van der Waals surface area (Å²) in [4.78, 5) is 24.2. The maximum atomic E-state index is 12.3. The van der Waals surface area contributed by atoms with Crippen molar-refractivity contribution >= 4 is 34.8 Å². The molecule has 5 heteroatoms. The van der Waals surface area contributed by atoms with Crippen LogP contribution in [0.15, 0.2) is 42.5 Å². The van der Waals surface area contributed by atoms with Crippen molar-refractivity contribution in [2.75, 3.05) is 10.6 Å². The van der Waals surface area contributed by atoms with Crippen molar-refractivity contribution in [1.29, 1.82) is 0 Å². The zero-order valence-corrected chi connectivity index (χ0v) is 13.0. The van der Waals surface area contributed by atoms with E-state index in [9.17, 15) is 9.59 Å². The Labute approximate surface area is 133 Å². The Morgan fingerprint density at radius 2 is 1.82 bits per heavy atom. The van der Waals surface area contributed by atoms with Crippen LogP contribution >= 0.6 is 11.6 Å². The van der Waals surface area contributed by atoms with Gasteiger partial charge in [0.15, 0.2) is 0 Å². The number of benzene rings is 2. The molecule has 112 valence electrons. The number of fused-ring (bicyclic) bond motifs is 1. The number of halogens is 1. The molecule has 2 N–H and O–H groups in total. The highest BCUT2D eigenvalue weighted by Gasteiger charge is 2.38. The van der Waals surface area contributed by atoms with E-state index in [0.717, 1.165) is 5.56 Å². The predicted octanol–water partition coefficient (Wildman–Crippen LogP) is 3.82. The molecule has 0 saturated carbocycles. The Morgan fingerprint density at radius 1 is 1.14 bits per heavy atom. The lowest BCUT2D eigenvalue weighted by Crippen LogP contribution is -2.26. The molecule has 0 unspecified atom stereocenters. The van der Waals surface area contributed by atoms with Gasteiger partial charge in [0.1, 0.15) is 0 Å². The van der Waals surface area contributed by atoms with Crippen LogP contribution in [0.2, 0.25) is 5.02 Å². The van der Waals surface area contributed by atoms with Gasteiger partial charge in [0, 0.05) is 22.0 Å². The molecule has 0 bridgehead atoms. The van der Waals surface area contributed by atoms with Gasteiger partial charge >= 0.3 is 0 Å². The second-order valence-electron chi connectivity index (χ2n) is 5.80. The summed E-state index contributed by atoms with van der Waals surface area (Å²) in [5.74, 6) is -0.290. The molecule has 0 radical (unpaired) electrons. The van der Waals surface area contributed by atoms with Crippen LogP contribution < -0.4 is 10.6 Å². The van der Waals surface area contributed by atoms with Gasteiger partial charge in [-0.05, 0) is 55.8 Å². The van der Waals surface area contributed by atoms with Crippen molar-refractivity contribution in [3.05, 3.63) is 58.6 Å². The molecule has 0 saturated heterocycles. The molecule has 1 heterocycles. The largest absolute Gasteiger partial charge is 0.325 e. The van der Waals surface area contributed by atoms with Gasteiger partial charge in [0.2, 0.25) is 5.91 Å². The maximum absolute atomic E-state index is 12.3. The Morgan fingerprint density at radius 3 is 2.50 bits per heavy atom. The fraction of sp³-hybridized carbons (Fsp3) is 0.176. The number of carbonyl (C=O) groups excluding carboxylic acids is 2. The third kappa shape index (κ3) is 2.46. The van der Waals surface area contributed by atoms with E-state index in [1.807, 2.05) is 19.9 Å². The smallest absolute Gasteiger partial charge is 0.255 e. The maximum Gasteiger partial charge on any atom is 0.255 e. The minimum Gasteiger partial charge on any atom is -0.325 e. The third-order valence-corrected chi connectivity index (χ3v) is 4.13. The average molecular weight is 315 g/mol. The first-order valence-corrected chi connectivity index (χ1v) is 7.28. The second-order valence-corrected chi connectivity index (χ2v) is 6.24. The van der Waals surface area contributed by atoms with Crippen molar-refractivity contribution in [1.82, 2.24) is 0 Å². The molecule has 2 amide bonds. The first kappa shape index (κ1) is 14.6. The van der Waals surface area contributed by atoms with Gasteiger partial charge < -0.3 is 10.6 Å². The van der Waals surface area contributed by atoms with Gasteiger partial charge in [-0.2, -0.15) is 0 Å². The third-order valence-electron chi connectivity index (χ3n) is 3.87. The quantitative estimate of drug-likeness (QED) is 0.885. The lowest BCUT2D eigenvalue weighted by Gasteiger charge is -2.15. The van der Waals surface area contributed by atoms with Crippen LogP contribution in [0, 0.1) is 0 Å². The summed E-state index contributed by atoms with van der Waals surface area (Å²) in [5, 5.41) is 6.23. The fourth-order valence-electron chi connectivity index (χ4n) is 2.47. The van der Waals surface area contributed by atoms with E-state index in [0.29, 0.717) is 22.0 Å². The van der Waals surface area contributed by atoms with Crippen LogP contribution in [0.25, 0.3) is 0 Å². The van der Waals surface area contributed by atoms with Crippen LogP contribution in [-0.2, 0) is 10.2 Å². The Bertz CT molecular complexity index is 767. The monoisotopic (exact) mass is 314 g/mol. The summed E-state index contributed by atoms with van der Waals surface area (Å²) in [6.45, 7) is 3.73. The zero-order chi connectivity index (χ0) is 15.9. The van der Waals surface area contributed by atoms with Crippen LogP contribution in [0.3, 0.4) is 0 Å². The van der Waals surface area contributed by atoms with E-state index in [1.54, 1.807) is 36.4 Å². The molecule has 4 nitrogen and oxygen atoms in total. The lowest BCUT2D eigenvalue weighted by molar-refractivity contribution is -0.119. The number of anilines is 2. The van der Waals surface area contributed by atoms with Crippen LogP contribution in [-0.4, -0.2) is 11.8 Å². The summed E-state index contributed by atoms with van der Waals surface area (Å²) in [7, 11) is 0. The molecular weight excluding hydrogens is 300 g/mol. The van der Waals surface area contributed by atoms with Crippen LogP contribution in [0.5, 0.6) is 0 Å². The van der Waals surface area contributed by atoms with E-state index in [4.69, 9.17) is 11.6 Å². The van der Waals surface area contributed by atoms with Gasteiger partial charge in [-0.25, -0.2) is 0 Å². The van der Waals surface area contributed by atoms with Crippen molar-refractivity contribution in [3.8, 4) is 0 Å². The highest BCUT2D eigenvalue weighted by molar-refractivity contribution is 6.30. The molecule has 0 aliphatic carbocycles. The summed E-state index contributed by atoms with van der Waals surface area (Å²) >= 11 is 5.82. The highest BCUT2D eigenvalue weighted by Crippen LogP contribution is 2.37. The minimum absolute atomic E-state index is 0.0576. The van der Waals surface area contributed by atoms with E-state index in [2.05, 4.69) is 10.6 Å². The highest BCUT2D eigenvalue weighted by atomic mass is 35.5. The van der Waals surface area contributed by atoms with Crippen molar-refractivity contribution < 1.29 is 9.59 Å². The summed E-state index contributed by atoms with van der Waals surface area (Å²) < 4.78 is 0. The number of amides is 2. The number of carbonyl (C=O) groups is 2. The molecular formula is C17H15ClN2O2. The summed E-state index contributed by atoms with van der Waals surface area (Å²) in [6.07, 6.45) is 0. The molecule has 3 rings (SSSR count). The van der Waals surface area contributed by atoms with Gasteiger partial charge in [-0.15, -0.1) is 0 Å². The Kier molecular flexibility index (Phi) is 3.41. The molecule has 2 aromatic rings. The van der Waals surface area contributed by atoms with Crippen molar-refractivity contribution in [3.63, 3.8) is 0 Å². The Balaban J connectivity index is 1.85. The number of hydrogen-bond donors (Lipinski definition) is 2. The predicted molar refractivity (Wildman–Crippen MR) is 87.5 cm³/mol. The minimum atomic E-state index is -0.569. The van der Waals surface area contributed by atoms with E-state index >= 15 is 0 Å². The van der Waals surface area contributed by atoms with Gasteiger partial charge in [0.25, 0.3) is 5.91 Å². The first-order chi connectivity index (χ1) is 10.4. The molecule has 1 aliphatic rings. The number of nitrogens with one attached hydrogen (secondary N) is 2. The topological polar surface area (TPSA) is 58.2 Å². The molecule has 2 aromatic carbocycles. The van der Waals surface area contributed by atoms with Crippen LogP contribution in [0.1, 0.15) is 29.8 Å². The van der Waals surface area contributed by atoms with Crippen molar-refractivity contribution in [2.24, 2.45) is 0 Å². The summed E-state index contributed by atoms with van der Waals surface area (Å²) in [6, 6.07) is 12.1. The van der Waals surface area contributed by atoms with E-state index in [-0.39, 0.29) is 11.8 Å². The zero-order valence-electron chi connectivity index (χ0n) is 12.2. The SMILES string of the molecule is CC1(C)C(=O)Nc2cc(C(=O)Nc3ccc(Cl)cc3)ccc21. The van der Waals surface area contributed by atoms with Crippen molar-refractivity contribution in [2.45, 2.75) is 19.3 Å². The van der Waals surface area contributed by atoms with Gasteiger partial charge in [-0.1, -0.05) is 17.7 Å². The normalized spacial score (nSPS) is 15.1. The lowest BCUT2D eigenvalue weighted by atomic mass is 9.86. The first-order valence-electron chi connectivity index (χ1n) is 6.91. The van der Waals surface area contributed by atoms with Crippen LogP contribution in [0.4, 0.5) is 11.4 Å². The standard InChI is InChI=1S/C17H15ClN2O2/c1-17(2)13-8-3-10(9-14(13)20-16(17)22)15(21)19-12-6-4-11(18)5-7-12/h3-9H,1-2H3,(H,19,21)(H,20,22). The van der Waals surface area contributed by atoms with Gasteiger partial charge in [-0.3, -0.25) is 9.59 Å². The number of hydrogen-bond acceptors (Lipinski definition) is 2. The average Bonchev–Trinajstić information content (AvgIpc) is 2.71. The molecule has 0 spiro atoms. The molecule has 1 aliphatic heterocycles. The molecule has 22 heavy (non-hydrogen) atoms. The Hall–Kier alpha value is -2.33. The molecule has 0 atom stereocenters. The second kappa shape index (κ2) is 5.14. The summed E-state index contributed by atoms with van der Waals surface area (Å²) in [5.41, 5.74) is 2.19. The van der Waals surface area contributed by atoms with E-state index in [1.165, 1.54) is 0 Å². The molecule has 0 fully saturated rings. The van der Waals surface area contributed by atoms with Gasteiger partial charge in [0.05, 0.1) is 5.41 Å². The molecule has 0 aromatic heterocycles.